The summed E-state index contributed by atoms with van der Waals surface area (Å²) in [5.74, 6) is 0.342. The van der Waals surface area contributed by atoms with Gasteiger partial charge in [-0.2, -0.15) is 0 Å². The molecule has 0 saturated heterocycles. The Balaban J connectivity index is 2.74. The maximum Gasteiger partial charge on any atom is 0.348 e. The molecular formula is C9H16N5+. The van der Waals surface area contributed by atoms with Gasteiger partial charge in [0, 0.05) is 0 Å². The second-order valence-corrected chi connectivity index (χ2v) is 3.02. The van der Waals surface area contributed by atoms with Gasteiger partial charge in [-0.15, -0.1) is 0 Å². The molecule has 0 unspecified atom stereocenters. The molecule has 0 aliphatic heterocycles. The molecule has 0 aliphatic rings. The molecule has 8 N–H and O–H groups in total. The molecule has 1 aromatic carbocycles. The van der Waals surface area contributed by atoms with Crippen LogP contribution >= 0.6 is 0 Å². The van der Waals surface area contributed by atoms with Crippen molar-refractivity contribution in [2.75, 3.05) is 5.32 Å². The van der Waals surface area contributed by atoms with Crippen molar-refractivity contribution in [1.29, 1.82) is 0 Å². The van der Waals surface area contributed by atoms with Crippen LogP contribution in [0.5, 0.6) is 0 Å². The normalized spacial score (nSPS) is 11.9. The number of nitrogens with two attached hydrogens (primary N) is 3. The van der Waals surface area contributed by atoms with Crippen molar-refractivity contribution in [2.45, 2.75) is 13.2 Å². The van der Waals surface area contributed by atoms with Gasteiger partial charge in [0.25, 0.3) is 0 Å². The van der Waals surface area contributed by atoms with Crippen LogP contribution in [0.4, 0.5) is 5.69 Å². The van der Waals surface area contributed by atoms with Crippen LogP contribution in [-0.2, 0) is 0 Å². The first-order valence-corrected chi connectivity index (χ1v) is 4.32. The molecule has 0 bridgehead atoms. The first-order chi connectivity index (χ1) is 6.59. The molecule has 0 heterocycles. The predicted octanol–water partition coefficient (Wildman–Crippen LogP) is -2.00. The lowest BCUT2D eigenvalue weighted by atomic mass is 10.2. The lowest BCUT2D eigenvalue weighted by Gasteiger charge is -2.03. The highest BCUT2D eigenvalue weighted by atomic mass is 15.2. The Hall–Kier alpha value is -1.59. The van der Waals surface area contributed by atoms with E-state index in [4.69, 9.17) is 17.2 Å². The molecule has 1 aromatic rings. The molecular weight excluding hydrogens is 178 g/mol. The molecule has 5 heteroatoms. The van der Waals surface area contributed by atoms with Crippen LogP contribution < -0.4 is 27.5 Å². The molecule has 0 spiro atoms. The largest absolute Gasteiger partial charge is 0.348 e. The van der Waals surface area contributed by atoms with Crippen molar-refractivity contribution in [1.82, 2.24) is 0 Å². The van der Waals surface area contributed by atoms with Crippen molar-refractivity contribution in [3.8, 4) is 0 Å². The van der Waals surface area contributed by atoms with E-state index in [2.05, 4.69) is 10.3 Å². The van der Waals surface area contributed by atoms with E-state index in [0.29, 0.717) is 5.96 Å². The summed E-state index contributed by atoms with van der Waals surface area (Å²) in [6.07, 6.45) is -0.661. The third kappa shape index (κ3) is 3.04. The molecule has 1 rings (SSSR count). The summed E-state index contributed by atoms with van der Waals surface area (Å²) in [4.78, 5) is 2.66. The molecule has 0 atom stereocenters. The Morgan fingerprint density at radius 3 is 2.57 bits per heavy atom. The van der Waals surface area contributed by atoms with Crippen LogP contribution in [0.25, 0.3) is 0 Å². The van der Waals surface area contributed by atoms with Gasteiger partial charge in [0.1, 0.15) is 5.69 Å². The average Bonchev–Trinajstić information content (AvgIpc) is 2.07. The van der Waals surface area contributed by atoms with Gasteiger partial charge in [-0.05, 0) is 18.6 Å². The van der Waals surface area contributed by atoms with Crippen molar-refractivity contribution in [3.63, 3.8) is 0 Å². The number of para-hydroxylation sites is 1. The third-order valence-corrected chi connectivity index (χ3v) is 1.74. The summed E-state index contributed by atoms with van der Waals surface area (Å²) in [5.41, 5.74) is 18.3. The number of hydrogen-bond acceptors (Lipinski definition) is 2. The van der Waals surface area contributed by atoms with E-state index in [0.717, 1.165) is 11.3 Å². The predicted molar refractivity (Wildman–Crippen MR) is 57.1 cm³/mol. The van der Waals surface area contributed by atoms with E-state index in [-0.39, 0.29) is 0 Å². The van der Waals surface area contributed by atoms with Crippen LogP contribution in [0.2, 0.25) is 0 Å². The van der Waals surface area contributed by atoms with Crippen molar-refractivity contribution in [3.05, 3.63) is 29.8 Å². The van der Waals surface area contributed by atoms with Crippen molar-refractivity contribution < 1.29 is 4.99 Å². The van der Waals surface area contributed by atoms with E-state index in [9.17, 15) is 0 Å². The van der Waals surface area contributed by atoms with Crippen LogP contribution in [0.1, 0.15) is 5.56 Å². The number of nitrogens with one attached hydrogen (secondary N) is 2. The van der Waals surface area contributed by atoms with Gasteiger partial charge in [0.2, 0.25) is 0 Å². The molecule has 0 aromatic heterocycles. The molecule has 0 radical (unpaired) electrons. The Morgan fingerprint density at radius 1 is 1.36 bits per heavy atom. The maximum atomic E-state index is 5.61. The van der Waals surface area contributed by atoms with Crippen LogP contribution in [0, 0.1) is 6.92 Å². The SMILES string of the molecule is Cc1ccccc1N/C(N)=[NH+]/C(N)N. The minimum absolute atomic E-state index is 0.342. The minimum Gasteiger partial charge on any atom is -0.290 e. The quantitative estimate of drug-likeness (QED) is 0.213. The number of anilines is 1. The number of guanidine groups is 1. The van der Waals surface area contributed by atoms with E-state index in [1.807, 2.05) is 31.2 Å². The van der Waals surface area contributed by atoms with Gasteiger partial charge < -0.3 is 0 Å². The number of benzene rings is 1. The van der Waals surface area contributed by atoms with E-state index >= 15 is 0 Å². The number of rotatable bonds is 2. The lowest BCUT2D eigenvalue weighted by molar-refractivity contribution is -0.501. The maximum absolute atomic E-state index is 5.61. The molecule has 76 valence electrons. The summed E-state index contributed by atoms with van der Waals surface area (Å²) in [6.45, 7) is 1.98. The average molecular weight is 194 g/mol. The van der Waals surface area contributed by atoms with Crippen LogP contribution in [0.3, 0.4) is 0 Å². The standard InChI is InChI=1S/C9H15N5/c1-6-4-2-3-5-7(6)13-9(12)14-8(10)11/h2-5,8H,10-11H2,1H3,(H3,12,13,14)/p+1. The molecule has 0 saturated carbocycles. The van der Waals surface area contributed by atoms with E-state index in [1.165, 1.54) is 0 Å². The highest BCUT2D eigenvalue weighted by Gasteiger charge is 2.04. The third-order valence-electron chi connectivity index (χ3n) is 1.74. The monoisotopic (exact) mass is 194 g/mol. The van der Waals surface area contributed by atoms with Crippen molar-refractivity contribution in [2.24, 2.45) is 17.2 Å². The van der Waals surface area contributed by atoms with Gasteiger partial charge in [0.15, 0.2) is 6.29 Å². The topological polar surface area (TPSA) is 104 Å². The molecule has 5 nitrogen and oxygen atoms in total. The van der Waals surface area contributed by atoms with E-state index in [1.54, 1.807) is 0 Å². The van der Waals surface area contributed by atoms with Gasteiger partial charge in [-0.1, -0.05) is 18.2 Å². The zero-order chi connectivity index (χ0) is 10.6. The summed E-state index contributed by atoms with van der Waals surface area (Å²) < 4.78 is 0. The smallest absolute Gasteiger partial charge is 0.290 e. The summed E-state index contributed by atoms with van der Waals surface area (Å²) in [5, 5.41) is 2.96. The summed E-state index contributed by atoms with van der Waals surface area (Å²) >= 11 is 0. The molecule has 14 heavy (non-hydrogen) atoms. The summed E-state index contributed by atoms with van der Waals surface area (Å²) in [6, 6.07) is 7.79. The second kappa shape index (κ2) is 4.59. The Labute approximate surface area is 83.0 Å². The molecule has 0 aliphatic carbocycles. The highest BCUT2D eigenvalue weighted by Crippen LogP contribution is 2.11. The van der Waals surface area contributed by atoms with Crippen LogP contribution in [0.15, 0.2) is 24.3 Å². The Kier molecular flexibility index (Phi) is 3.44. The lowest BCUT2D eigenvalue weighted by Crippen LogP contribution is -2.89. The zero-order valence-corrected chi connectivity index (χ0v) is 8.12. The summed E-state index contributed by atoms with van der Waals surface area (Å²) in [7, 11) is 0. The fraction of sp³-hybridized carbons (Fsp3) is 0.222. The minimum atomic E-state index is -0.661. The first-order valence-electron chi connectivity index (χ1n) is 4.32. The second-order valence-electron chi connectivity index (χ2n) is 3.02. The van der Waals surface area contributed by atoms with Gasteiger partial charge in [-0.25, -0.2) is 10.3 Å². The van der Waals surface area contributed by atoms with Crippen molar-refractivity contribution >= 4 is 11.6 Å². The molecule has 0 amide bonds. The molecule has 0 fully saturated rings. The van der Waals surface area contributed by atoms with Crippen LogP contribution in [-0.4, -0.2) is 12.2 Å². The van der Waals surface area contributed by atoms with Gasteiger partial charge in [0.05, 0.1) is 0 Å². The first kappa shape index (κ1) is 10.5. The number of aryl methyl sites for hydroxylation is 1. The van der Waals surface area contributed by atoms with Gasteiger partial charge >= 0.3 is 5.96 Å². The highest BCUT2D eigenvalue weighted by molar-refractivity contribution is 5.88. The van der Waals surface area contributed by atoms with Gasteiger partial charge in [-0.3, -0.25) is 17.2 Å². The zero-order valence-electron chi connectivity index (χ0n) is 8.12. The number of hydrogen-bond donors (Lipinski definition) is 5. The Bertz CT molecular complexity index is 332. The van der Waals surface area contributed by atoms with E-state index < -0.39 is 6.29 Å². The fourth-order valence-corrected chi connectivity index (χ4v) is 1.07. The fourth-order valence-electron chi connectivity index (χ4n) is 1.07. The Morgan fingerprint density at radius 2 is 2.00 bits per heavy atom.